The maximum atomic E-state index is 11.5. The van der Waals surface area contributed by atoms with Crippen LogP contribution in [0.4, 0.5) is 0 Å². The molecule has 0 fully saturated rings. The van der Waals surface area contributed by atoms with Crippen molar-refractivity contribution >= 4 is 29.3 Å². The van der Waals surface area contributed by atoms with E-state index in [1.54, 1.807) is 6.08 Å². The number of amides is 1. The molecule has 0 spiro atoms. The van der Waals surface area contributed by atoms with Gasteiger partial charge in [-0.2, -0.15) is 0 Å². The lowest BCUT2D eigenvalue weighted by Gasteiger charge is -2.10. The number of hydrogen-bond acceptors (Lipinski definition) is 3. The van der Waals surface area contributed by atoms with Gasteiger partial charge in [-0.1, -0.05) is 6.08 Å². The molecule has 1 unspecified atom stereocenters. The molecule has 1 aromatic heterocycles. The molecule has 1 atom stereocenters. The molecule has 2 N–H and O–H groups in total. The number of carbonyl (C=O) groups is 2. The van der Waals surface area contributed by atoms with Gasteiger partial charge >= 0.3 is 5.97 Å². The van der Waals surface area contributed by atoms with Gasteiger partial charge in [0.1, 0.15) is 6.04 Å². The Morgan fingerprint density at radius 2 is 2.33 bits per heavy atom. The predicted molar refractivity (Wildman–Crippen MR) is 72.5 cm³/mol. The van der Waals surface area contributed by atoms with Crippen molar-refractivity contribution in [3.05, 3.63) is 40.6 Å². The first-order valence-corrected chi connectivity index (χ1v) is 6.29. The van der Waals surface area contributed by atoms with Crippen LogP contribution in [0.1, 0.15) is 16.9 Å². The molecule has 4 nitrogen and oxygen atoms in total. The highest BCUT2D eigenvalue weighted by Crippen LogP contribution is 2.16. The predicted octanol–water partition coefficient (Wildman–Crippen LogP) is 2.22. The van der Waals surface area contributed by atoms with Gasteiger partial charge in [-0.3, -0.25) is 4.79 Å². The lowest BCUT2D eigenvalue weighted by molar-refractivity contribution is -0.141. The van der Waals surface area contributed by atoms with Gasteiger partial charge in [0.15, 0.2) is 0 Å². The van der Waals surface area contributed by atoms with E-state index in [0.717, 1.165) is 10.4 Å². The van der Waals surface area contributed by atoms with Crippen LogP contribution in [0, 0.1) is 6.92 Å². The molecule has 0 aliphatic heterocycles. The highest BCUT2D eigenvalue weighted by atomic mass is 32.1. The van der Waals surface area contributed by atoms with Gasteiger partial charge in [0.05, 0.1) is 0 Å². The van der Waals surface area contributed by atoms with E-state index in [0.29, 0.717) is 0 Å². The first-order valence-electron chi connectivity index (χ1n) is 5.41. The minimum atomic E-state index is -1.07. The molecule has 0 aliphatic carbocycles. The van der Waals surface area contributed by atoms with Crippen molar-refractivity contribution in [3.8, 4) is 0 Å². The third-order valence-corrected chi connectivity index (χ3v) is 3.29. The lowest BCUT2D eigenvalue weighted by Crippen LogP contribution is -2.39. The van der Waals surface area contributed by atoms with Crippen molar-refractivity contribution in [2.24, 2.45) is 0 Å². The van der Waals surface area contributed by atoms with Crippen molar-refractivity contribution in [2.75, 3.05) is 0 Å². The van der Waals surface area contributed by atoms with E-state index in [-0.39, 0.29) is 6.42 Å². The number of carboxylic acid groups (broad SMARTS) is 1. The average Bonchev–Trinajstić information content (AvgIpc) is 2.71. The SMILES string of the molecule is C=CCC(NC(=O)/C=C/c1sccc1C)C(=O)O. The molecule has 0 radical (unpaired) electrons. The molecule has 1 rings (SSSR count). The largest absolute Gasteiger partial charge is 0.480 e. The topological polar surface area (TPSA) is 66.4 Å². The van der Waals surface area contributed by atoms with Crippen molar-refractivity contribution in [3.63, 3.8) is 0 Å². The van der Waals surface area contributed by atoms with Crippen LogP contribution in [0.5, 0.6) is 0 Å². The minimum Gasteiger partial charge on any atom is -0.480 e. The summed E-state index contributed by atoms with van der Waals surface area (Å²) in [6.45, 7) is 5.41. The first kappa shape index (κ1) is 14.2. The second kappa shape index (κ2) is 6.76. The molecule has 1 heterocycles. The lowest BCUT2D eigenvalue weighted by atomic mass is 10.2. The number of rotatable bonds is 6. The number of aliphatic carboxylic acids is 1. The maximum Gasteiger partial charge on any atom is 0.326 e. The molecule has 0 saturated carbocycles. The summed E-state index contributed by atoms with van der Waals surface area (Å²) in [5.41, 5.74) is 1.09. The fraction of sp³-hybridized carbons (Fsp3) is 0.231. The Balaban J connectivity index is 2.60. The van der Waals surface area contributed by atoms with Crippen molar-refractivity contribution in [1.29, 1.82) is 0 Å². The Morgan fingerprint density at radius 3 is 2.83 bits per heavy atom. The summed E-state index contributed by atoms with van der Waals surface area (Å²) in [5, 5.41) is 13.2. The van der Waals surface area contributed by atoms with Crippen molar-refractivity contribution in [2.45, 2.75) is 19.4 Å². The van der Waals surface area contributed by atoms with E-state index in [4.69, 9.17) is 5.11 Å². The molecule has 96 valence electrons. The van der Waals surface area contributed by atoms with Crippen LogP contribution in [0.15, 0.2) is 30.2 Å². The molecule has 1 amide bonds. The molecular weight excluding hydrogens is 250 g/mol. The smallest absolute Gasteiger partial charge is 0.326 e. The Bertz CT molecular complexity index is 476. The molecule has 1 aromatic rings. The van der Waals surface area contributed by atoms with Crippen LogP contribution < -0.4 is 5.32 Å². The van der Waals surface area contributed by atoms with E-state index in [9.17, 15) is 9.59 Å². The molecule has 0 saturated heterocycles. The quantitative estimate of drug-likeness (QED) is 0.612. The third kappa shape index (κ3) is 4.18. The number of hydrogen-bond donors (Lipinski definition) is 2. The fourth-order valence-electron chi connectivity index (χ4n) is 1.31. The highest BCUT2D eigenvalue weighted by molar-refractivity contribution is 7.11. The number of carbonyl (C=O) groups excluding carboxylic acids is 1. The Labute approximate surface area is 110 Å². The van der Waals surface area contributed by atoms with Crippen molar-refractivity contribution < 1.29 is 14.7 Å². The number of aryl methyl sites for hydroxylation is 1. The molecular formula is C13H15NO3S. The van der Waals surface area contributed by atoms with Crippen LogP contribution in [0.2, 0.25) is 0 Å². The van der Waals surface area contributed by atoms with Gasteiger partial charge in [-0.25, -0.2) is 4.79 Å². The van der Waals surface area contributed by atoms with Crippen LogP contribution in [-0.4, -0.2) is 23.0 Å². The van der Waals surface area contributed by atoms with Crippen LogP contribution >= 0.6 is 11.3 Å². The molecule has 0 aliphatic rings. The Kier molecular flexibility index (Phi) is 5.32. The number of thiophene rings is 1. The number of carboxylic acids is 1. The molecule has 18 heavy (non-hydrogen) atoms. The van der Waals surface area contributed by atoms with Gasteiger partial charge in [0.25, 0.3) is 0 Å². The monoisotopic (exact) mass is 265 g/mol. The summed E-state index contributed by atoms with van der Waals surface area (Å²) in [7, 11) is 0. The summed E-state index contributed by atoms with van der Waals surface area (Å²) in [4.78, 5) is 23.4. The van der Waals surface area contributed by atoms with Crippen LogP contribution in [0.3, 0.4) is 0 Å². The molecule has 0 aromatic carbocycles. The van der Waals surface area contributed by atoms with E-state index < -0.39 is 17.9 Å². The van der Waals surface area contributed by atoms with E-state index in [1.165, 1.54) is 23.5 Å². The summed E-state index contributed by atoms with van der Waals surface area (Å²) < 4.78 is 0. The van der Waals surface area contributed by atoms with E-state index in [2.05, 4.69) is 11.9 Å². The standard InChI is InChI=1S/C13H15NO3S/c1-3-4-10(13(16)17)14-12(15)6-5-11-9(2)7-8-18-11/h3,5-8,10H,1,4H2,2H3,(H,14,15)(H,16,17)/b6-5+. The molecule has 0 bridgehead atoms. The van der Waals surface area contributed by atoms with Gasteiger partial charge < -0.3 is 10.4 Å². The number of nitrogens with one attached hydrogen (secondary N) is 1. The second-order valence-corrected chi connectivity index (χ2v) is 4.67. The average molecular weight is 265 g/mol. The summed E-state index contributed by atoms with van der Waals surface area (Å²) >= 11 is 1.53. The van der Waals surface area contributed by atoms with Gasteiger partial charge in [-0.15, -0.1) is 17.9 Å². The normalized spacial score (nSPS) is 12.3. The highest BCUT2D eigenvalue weighted by Gasteiger charge is 2.16. The van der Waals surface area contributed by atoms with Gasteiger partial charge in [0, 0.05) is 11.0 Å². The second-order valence-electron chi connectivity index (χ2n) is 3.72. The molecule has 5 heteroatoms. The zero-order chi connectivity index (χ0) is 13.5. The third-order valence-electron chi connectivity index (χ3n) is 2.30. The van der Waals surface area contributed by atoms with Gasteiger partial charge in [-0.05, 0) is 36.4 Å². The summed E-state index contributed by atoms with van der Waals surface area (Å²) in [6.07, 6.45) is 4.69. The summed E-state index contributed by atoms with van der Waals surface area (Å²) in [5.74, 6) is -1.49. The van der Waals surface area contributed by atoms with E-state index in [1.807, 2.05) is 18.4 Å². The Hall–Kier alpha value is -1.88. The van der Waals surface area contributed by atoms with Crippen molar-refractivity contribution in [1.82, 2.24) is 5.32 Å². The van der Waals surface area contributed by atoms with E-state index >= 15 is 0 Å². The zero-order valence-electron chi connectivity index (χ0n) is 10.1. The Morgan fingerprint density at radius 1 is 1.61 bits per heavy atom. The van der Waals surface area contributed by atoms with Gasteiger partial charge in [0.2, 0.25) is 5.91 Å². The summed E-state index contributed by atoms with van der Waals surface area (Å²) in [6, 6.07) is 1.03. The maximum absolute atomic E-state index is 11.5. The minimum absolute atomic E-state index is 0.201. The van der Waals surface area contributed by atoms with Crippen LogP contribution in [0.25, 0.3) is 6.08 Å². The fourth-order valence-corrected chi connectivity index (χ4v) is 2.13. The first-order chi connectivity index (χ1) is 8.54. The zero-order valence-corrected chi connectivity index (χ0v) is 10.9. The van der Waals surface area contributed by atoms with Crippen LogP contribution in [-0.2, 0) is 9.59 Å².